The zero-order chi connectivity index (χ0) is 19.8. The normalized spacial score (nSPS) is 13.3. The standard InChI is InChI=1S/C20H18N6OS2.ClH/c21-15-13-9-12-10-22-8-4-7-14(12)23-19(13)28-16(15)17(27)24-20-26-25-18(29-20)11-5-2-1-3-6-11;/h1-3,5-6,9,22H,4,7-8,10,21H2,(H,24,26,27);1H. The Kier molecular flexibility index (Phi) is 5.96. The lowest BCUT2D eigenvalue weighted by Gasteiger charge is -2.04. The lowest BCUT2D eigenvalue weighted by Crippen LogP contribution is -2.12. The number of halogens is 1. The topological polar surface area (TPSA) is 106 Å². The Morgan fingerprint density at radius 3 is 2.83 bits per heavy atom. The van der Waals surface area contributed by atoms with Crippen molar-refractivity contribution in [2.45, 2.75) is 19.4 Å². The molecule has 3 aromatic heterocycles. The average molecular weight is 459 g/mol. The summed E-state index contributed by atoms with van der Waals surface area (Å²) in [4.78, 5) is 18.9. The van der Waals surface area contributed by atoms with E-state index in [9.17, 15) is 4.79 Å². The number of nitrogens with two attached hydrogens (primary N) is 1. The number of hydrogen-bond acceptors (Lipinski definition) is 8. The number of carbonyl (C=O) groups excluding carboxylic acids is 1. The van der Waals surface area contributed by atoms with E-state index in [2.05, 4.69) is 26.9 Å². The largest absolute Gasteiger partial charge is 0.397 e. The molecule has 154 valence electrons. The number of aromatic nitrogens is 3. The van der Waals surface area contributed by atoms with Gasteiger partial charge in [0.1, 0.15) is 14.7 Å². The molecular weight excluding hydrogens is 440 g/mol. The number of nitrogens with zero attached hydrogens (tertiary/aromatic N) is 3. The summed E-state index contributed by atoms with van der Waals surface area (Å²) in [5.41, 5.74) is 10.00. The third-order valence-corrected chi connectivity index (χ3v) is 6.85. The minimum atomic E-state index is -0.283. The molecule has 7 nitrogen and oxygen atoms in total. The molecule has 0 saturated carbocycles. The van der Waals surface area contributed by atoms with Gasteiger partial charge in [-0.15, -0.1) is 33.9 Å². The second-order valence-electron chi connectivity index (χ2n) is 6.80. The lowest BCUT2D eigenvalue weighted by molar-refractivity contribution is 0.103. The van der Waals surface area contributed by atoms with Crippen LogP contribution in [0.25, 0.3) is 20.8 Å². The van der Waals surface area contributed by atoms with E-state index in [0.29, 0.717) is 15.7 Å². The van der Waals surface area contributed by atoms with E-state index in [1.807, 2.05) is 30.3 Å². The Labute approximate surface area is 187 Å². The Bertz CT molecular complexity index is 1210. The first-order chi connectivity index (χ1) is 14.2. The van der Waals surface area contributed by atoms with Gasteiger partial charge in [-0.3, -0.25) is 10.1 Å². The quantitative estimate of drug-likeness (QED) is 0.426. The van der Waals surface area contributed by atoms with E-state index in [-0.39, 0.29) is 18.3 Å². The molecule has 0 atom stereocenters. The number of anilines is 2. The summed E-state index contributed by atoms with van der Waals surface area (Å²) in [7, 11) is 0. The van der Waals surface area contributed by atoms with Crippen molar-refractivity contribution >= 4 is 62.0 Å². The number of rotatable bonds is 3. The molecule has 0 saturated heterocycles. The van der Waals surface area contributed by atoms with Crippen LogP contribution in [0.1, 0.15) is 27.3 Å². The maximum absolute atomic E-state index is 12.8. The van der Waals surface area contributed by atoms with Crippen LogP contribution in [0.5, 0.6) is 0 Å². The van der Waals surface area contributed by atoms with Crippen molar-refractivity contribution in [1.82, 2.24) is 20.5 Å². The molecule has 1 aliphatic heterocycles. The number of hydrogen-bond donors (Lipinski definition) is 3. The summed E-state index contributed by atoms with van der Waals surface area (Å²) in [6.07, 6.45) is 1.99. The summed E-state index contributed by atoms with van der Waals surface area (Å²) in [5, 5.41) is 16.5. The van der Waals surface area contributed by atoms with Crippen LogP contribution in [0.3, 0.4) is 0 Å². The van der Waals surface area contributed by atoms with Crippen molar-refractivity contribution < 1.29 is 4.79 Å². The van der Waals surface area contributed by atoms with Crippen LogP contribution in [0.15, 0.2) is 36.4 Å². The Balaban J connectivity index is 0.00000218. The fraction of sp³-hybridized carbons (Fsp3) is 0.200. The molecule has 0 fully saturated rings. The van der Waals surface area contributed by atoms with Crippen LogP contribution in [0.2, 0.25) is 0 Å². The fourth-order valence-electron chi connectivity index (χ4n) is 3.39. The molecule has 4 aromatic rings. The summed E-state index contributed by atoms with van der Waals surface area (Å²) >= 11 is 2.65. The molecule has 0 aliphatic carbocycles. The molecule has 0 unspecified atom stereocenters. The molecule has 0 spiro atoms. The molecule has 0 radical (unpaired) electrons. The van der Waals surface area contributed by atoms with Gasteiger partial charge in [-0.25, -0.2) is 4.98 Å². The van der Waals surface area contributed by atoms with Crippen LogP contribution in [0.4, 0.5) is 10.8 Å². The van der Waals surface area contributed by atoms with Crippen molar-refractivity contribution in [3.8, 4) is 10.6 Å². The zero-order valence-electron chi connectivity index (χ0n) is 15.8. The predicted molar refractivity (Wildman–Crippen MR) is 125 cm³/mol. The van der Waals surface area contributed by atoms with Gasteiger partial charge in [0.15, 0.2) is 0 Å². The predicted octanol–water partition coefficient (Wildman–Crippen LogP) is 4.11. The number of fused-ring (bicyclic) bond motifs is 2. The first-order valence-corrected chi connectivity index (χ1v) is 10.9. The summed E-state index contributed by atoms with van der Waals surface area (Å²) in [6.45, 7) is 1.77. The molecule has 5 rings (SSSR count). The molecule has 1 amide bonds. The van der Waals surface area contributed by atoms with E-state index in [1.165, 1.54) is 22.7 Å². The lowest BCUT2D eigenvalue weighted by atomic mass is 10.1. The van der Waals surface area contributed by atoms with E-state index in [0.717, 1.165) is 58.0 Å². The third-order valence-electron chi connectivity index (χ3n) is 4.84. The number of nitrogens with one attached hydrogen (secondary N) is 2. The third kappa shape index (κ3) is 3.89. The van der Waals surface area contributed by atoms with Crippen molar-refractivity contribution in [3.63, 3.8) is 0 Å². The number of aryl methyl sites for hydroxylation is 1. The van der Waals surface area contributed by atoms with Crippen LogP contribution >= 0.6 is 35.1 Å². The number of amides is 1. The second kappa shape index (κ2) is 8.65. The first kappa shape index (κ1) is 20.7. The van der Waals surface area contributed by atoms with Gasteiger partial charge in [0.05, 0.1) is 5.69 Å². The number of benzene rings is 1. The Morgan fingerprint density at radius 2 is 2.00 bits per heavy atom. The Hall–Kier alpha value is -2.59. The van der Waals surface area contributed by atoms with Gasteiger partial charge in [-0.05, 0) is 31.0 Å². The monoisotopic (exact) mass is 458 g/mol. The number of nitrogen functional groups attached to an aromatic ring is 1. The number of pyridine rings is 1. The summed E-state index contributed by atoms with van der Waals surface area (Å²) in [5.74, 6) is -0.283. The highest BCUT2D eigenvalue weighted by molar-refractivity contribution is 7.21. The minimum Gasteiger partial charge on any atom is -0.397 e. The van der Waals surface area contributed by atoms with E-state index in [4.69, 9.17) is 10.7 Å². The summed E-state index contributed by atoms with van der Waals surface area (Å²) in [6, 6.07) is 11.8. The highest BCUT2D eigenvalue weighted by atomic mass is 35.5. The van der Waals surface area contributed by atoms with Crippen molar-refractivity contribution in [1.29, 1.82) is 0 Å². The van der Waals surface area contributed by atoms with Gasteiger partial charge in [-0.2, -0.15) is 0 Å². The van der Waals surface area contributed by atoms with E-state index >= 15 is 0 Å². The van der Waals surface area contributed by atoms with E-state index < -0.39 is 0 Å². The van der Waals surface area contributed by atoms with Crippen molar-refractivity contribution in [2.75, 3.05) is 17.6 Å². The zero-order valence-corrected chi connectivity index (χ0v) is 18.3. The molecule has 1 aromatic carbocycles. The fourth-order valence-corrected chi connectivity index (χ4v) is 5.12. The Morgan fingerprint density at radius 1 is 1.17 bits per heavy atom. The molecule has 1 aliphatic rings. The smallest absolute Gasteiger partial charge is 0.269 e. The SMILES string of the molecule is Cl.Nc1c(C(=O)Nc2nnc(-c3ccccc3)s2)sc2nc3c(cc12)CNCCC3. The summed E-state index contributed by atoms with van der Waals surface area (Å²) < 4.78 is 0. The number of thiophene rings is 1. The molecule has 10 heteroatoms. The maximum Gasteiger partial charge on any atom is 0.269 e. The molecule has 4 heterocycles. The highest BCUT2D eigenvalue weighted by Gasteiger charge is 2.21. The molecule has 4 N–H and O–H groups in total. The number of carbonyl (C=O) groups is 1. The van der Waals surface area contributed by atoms with Crippen LogP contribution in [-0.4, -0.2) is 27.6 Å². The van der Waals surface area contributed by atoms with Gasteiger partial charge in [0.2, 0.25) is 5.13 Å². The maximum atomic E-state index is 12.8. The van der Waals surface area contributed by atoms with Gasteiger partial charge < -0.3 is 11.1 Å². The van der Waals surface area contributed by atoms with Gasteiger partial charge in [0.25, 0.3) is 5.91 Å². The van der Waals surface area contributed by atoms with Crippen LogP contribution < -0.4 is 16.4 Å². The highest BCUT2D eigenvalue weighted by Crippen LogP contribution is 2.35. The van der Waals surface area contributed by atoms with Gasteiger partial charge in [0, 0.05) is 23.2 Å². The van der Waals surface area contributed by atoms with Gasteiger partial charge in [-0.1, -0.05) is 41.7 Å². The second-order valence-corrected chi connectivity index (χ2v) is 8.78. The van der Waals surface area contributed by atoms with Crippen molar-refractivity contribution in [3.05, 3.63) is 52.5 Å². The molecule has 30 heavy (non-hydrogen) atoms. The van der Waals surface area contributed by atoms with Crippen molar-refractivity contribution in [2.24, 2.45) is 0 Å². The van der Waals surface area contributed by atoms with Gasteiger partial charge >= 0.3 is 0 Å². The minimum absolute atomic E-state index is 0. The van der Waals surface area contributed by atoms with E-state index in [1.54, 1.807) is 0 Å². The molecule has 0 bridgehead atoms. The first-order valence-electron chi connectivity index (χ1n) is 9.31. The molecular formula is C20H19ClN6OS2. The van der Waals surface area contributed by atoms with Crippen LogP contribution in [-0.2, 0) is 13.0 Å². The average Bonchev–Trinajstić information content (AvgIpc) is 3.24. The van der Waals surface area contributed by atoms with Crippen LogP contribution in [0, 0.1) is 0 Å².